The van der Waals surface area contributed by atoms with Crippen molar-refractivity contribution < 1.29 is 13.2 Å². The summed E-state index contributed by atoms with van der Waals surface area (Å²) < 4.78 is 30.0. The summed E-state index contributed by atoms with van der Waals surface area (Å²) in [5.41, 5.74) is -0.485. The summed E-state index contributed by atoms with van der Waals surface area (Å²) in [5, 5.41) is 2.99. The Morgan fingerprint density at radius 1 is 1.14 bits per heavy atom. The summed E-state index contributed by atoms with van der Waals surface area (Å²) in [6.07, 6.45) is 8.25. The minimum atomic E-state index is -3.86. The van der Waals surface area contributed by atoms with E-state index in [1.165, 1.54) is 52.2 Å². The molecule has 0 bridgehead atoms. The number of hydrogen-bond acceptors (Lipinski definition) is 7. The van der Waals surface area contributed by atoms with Crippen LogP contribution in [0.25, 0.3) is 10.2 Å². The maximum atomic E-state index is 13.7. The average Bonchev–Trinajstić information content (AvgIpc) is 2.98. The van der Waals surface area contributed by atoms with Gasteiger partial charge in [-0.1, -0.05) is 26.7 Å². The second-order valence-electron chi connectivity index (χ2n) is 10.6. The summed E-state index contributed by atoms with van der Waals surface area (Å²) in [7, 11) is -3.86. The zero-order valence-corrected chi connectivity index (χ0v) is 23.3. The van der Waals surface area contributed by atoms with E-state index in [-0.39, 0.29) is 34.6 Å². The molecular formula is C25H39N5O4S2. The first kappa shape index (κ1) is 27.2. The number of carbonyl (C=O) groups is 1. The Hall–Kier alpha value is -1.82. The van der Waals surface area contributed by atoms with Crippen LogP contribution in [0.2, 0.25) is 0 Å². The molecule has 1 N–H and O–H groups in total. The van der Waals surface area contributed by atoms with Crippen molar-refractivity contribution in [3.63, 3.8) is 0 Å². The molecule has 0 aromatic carbocycles. The number of nitrogens with zero attached hydrogens (tertiary/aromatic N) is 4. The van der Waals surface area contributed by atoms with E-state index in [9.17, 15) is 18.0 Å². The standard InChI is InChI=1S/C25H39N5O4S2/c1-18-13-19(2)15-30(14-18)36(33,34)23-20(3)35-24-22(23)25(32)29(17-27-24)16-21(31)26-9-8-12-28-10-6-4-5-7-11-28/h17-19H,4-16H2,1-3H3,(H,26,31). The average molecular weight is 538 g/mol. The van der Waals surface area contributed by atoms with Crippen molar-refractivity contribution in [2.75, 3.05) is 39.3 Å². The van der Waals surface area contributed by atoms with E-state index in [4.69, 9.17) is 0 Å². The topological polar surface area (TPSA) is 105 Å². The van der Waals surface area contributed by atoms with Crippen LogP contribution in [-0.2, 0) is 21.4 Å². The number of carbonyl (C=O) groups excluding carboxylic acids is 1. The van der Waals surface area contributed by atoms with Gasteiger partial charge in [-0.25, -0.2) is 13.4 Å². The molecule has 2 aromatic heterocycles. The van der Waals surface area contributed by atoms with Gasteiger partial charge in [-0.05, 0) is 64.1 Å². The summed E-state index contributed by atoms with van der Waals surface area (Å²) >= 11 is 1.21. The van der Waals surface area contributed by atoms with Crippen LogP contribution in [0.1, 0.15) is 57.2 Å². The highest BCUT2D eigenvalue weighted by atomic mass is 32.2. The molecule has 0 saturated carbocycles. The van der Waals surface area contributed by atoms with Gasteiger partial charge in [-0.2, -0.15) is 4.31 Å². The number of hydrogen-bond donors (Lipinski definition) is 1. The number of likely N-dealkylation sites (tertiary alicyclic amines) is 1. The van der Waals surface area contributed by atoms with Gasteiger partial charge in [0.25, 0.3) is 5.56 Å². The summed E-state index contributed by atoms with van der Waals surface area (Å²) in [5.74, 6) is 0.238. The molecule has 2 unspecified atom stereocenters. The maximum absolute atomic E-state index is 13.7. The smallest absolute Gasteiger partial charge is 0.263 e. The highest BCUT2D eigenvalue weighted by Crippen LogP contribution is 2.35. The number of aryl methyl sites for hydroxylation is 1. The van der Waals surface area contributed by atoms with Gasteiger partial charge >= 0.3 is 0 Å². The largest absolute Gasteiger partial charge is 0.354 e. The summed E-state index contributed by atoms with van der Waals surface area (Å²) in [4.78, 5) is 33.8. The zero-order valence-electron chi connectivity index (χ0n) is 21.7. The van der Waals surface area contributed by atoms with E-state index >= 15 is 0 Å². The molecule has 0 radical (unpaired) electrons. The van der Waals surface area contributed by atoms with Gasteiger partial charge in [0.15, 0.2) is 0 Å². The molecule has 2 aliphatic heterocycles. The third-order valence-electron chi connectivity index (χ3n) is 7.22. The Kier molecular flexibility index (Phi) is 8.85. The lowest BCUT2D eigenvalue weighted by molar-refractivity contribution is -0.121. The minimum absolute atomic E-state index is 0.0495. The summed E-state index contributed by atoms with van der Waals surface area (Å²) in [6.45, 7) is 10.3. The molecule has 1 amide bonds. The molecule has 200 valence electrons. The zero-order chi connectivity index (χ0) is 25.9. The monoisotopic (exact) mass is 537 g/mol. The number of fused-ring (bicyclic) bond motifs is 1. The Balaban J connectivity index is 1.46. The predicted molar refractivity (Wildman–Crippen MR) is 143 cm³/mol. The van der Waals surface area contributed by atoms with Crippen LogP contribution in [0.4, 0.5) is 0 Å². The molecule has 11 heteroatoms. The minimum Gasteiger partial charge on any atom is -0.354 e. The molecule has 9 nitrogen and oxygen atoms in total. The van der Waals surface area contributed by atoms with Gasteiger partial charge in [0.05, 0.1) is 11.7 Å². The van der Waals surface area contributed by atoms with Crippen LogP contribution < -0.4 is 10.9 Å². The highest BCUT2D eigenvalue weighted by Gasteiger charge is 2.35. The van der Waals surface area contributed by atoms with Crippen molar-refractivity contribution in [3.8, 4) is 0 Å². The maximum Gasteiger partial charge on any atom is 0.263 e. The van der Waals surface area contributed by atoms with Gasteiger partial charge in [0, 0.05) is 24.5 Å². The molecule has 2 atom stereocenters. The molecule has 0 spiro atoms. The van der Waals surface area contributed by atoms with Crippen LogP contribution in [0.15, 0.2) is 16.0 Å². The van der Waals surface area contributed by atoms with Gasteiger partial charge in [0.1, 0.15) is 16.3 Å². The first-order chi connectivity index (χ1) is 17.2. The normalized spacial score (nSPS) is 22.5. The van der Waals surface area contributed by atoms with E-state index in [1.54, 1.807) is 6.92 Å². The second kappa shape index (κ2) is 11.7. The van der Waals surface area contributed by atoms with Gasteiger partial charge in [-0.15, -0.1) is 11.3 Å². The number of nitrogens with one attached hydrogen (secondary N) is 1. The third kappa shape index (κ3) is 6.17. The van der Waals surface area contributed by atoms with Gasteiger partial charge < -0.3 is 10.2 Å². The Labute approximate surface area is 217 Å². The highest BCUT2D eigenvalue weighted by molar-refractivity contribution is 7.89. The fourth-order valence-electron chi connectivity index (χ4n) is 5.57. The number of amides is 1. The van der Waals surface area contributed by atoms with Gasteiger partial charge in [-0.3, -0.25) is 14.2 Å². The van der Waals surface area contributed by atoms with Crippen molar-refractivity contribution in [2.45, 2.75) is 70.7 Å². The Morgan fingerprint density at radius 2 is 1.81 bits per heavy atom. The number of aromatic nitrogens is 2. The van der Waals surface area contributed by atoms with E-state index in [0.29, 0.717) is 29.3 Å². The van der Waals surface area contributed by atoms with Crippen LogP contribution in [0.5, 0.6) is 0 Å². The lowest BCUT2D eigenvalue weighted by Crippen LogP contribution is -2.43. The second-order valence-corrected chi connectivity index (χ2v) is 13.7. The molecule has 4 heterocycles. The lowest BCUT2D eigenvalue weighted by Gasteiger charge is -2.34. The van der Waals surface area contributed by atoms with Crippen LogP contribution in [0, 0.1) is 18.8 Å². The SMILES string of the molecule is Cc1sc2ncn(CC(=O)NCCCN3CCCCCC3)c(=O)c2c1S(=O)(=O)N1CC(C)CC(C)C1. The molecule has 2 fully saturated rings. The quantitative estimate of drug-likeness (QED) is 0.520. The molecule has 2 aliphatic rings. The molecule has 2 aromatic rings. The number of thiophene rings is 1. The fraction of sp³-hybridized carbons (Fsp3) is 0.720. The molecule has 4 rings (SSSR count). The molecule has 36 heavy (non-hydrogen) atoms. The van der Waals surface area contributed by atoms with E-state index in [2.05, 4.69) is 29.0 Å². The van der Waals surface area contributed by atoms with E-state index in [0.717, 1.165) is 32.5 Å². The van der Waals surface area contributed by atoms with Crippen molar-refractivity contribution in [3.05, 3.63) is 21.6 Å². The van der Waals surface area contributed by atoms with Gasteiger partial charge in [0.2, 0.25) is 15.9 Å². The van der Waals surface area contributed by atoms with E-state index in [1.807, 2.05) is 0 Å². The number of rotatable bonds is 8. The van der Waals surface area contributed by atoms with Crippen molar-refractivity contribution in [1.82, 2.24) is 24.1 Å². The lowest BCUT2D eigenvalue weighted by atomic mass is 9.94. The van der Waals surface area contributed by atoms with Crippen LogP contribution in [0.3, 0.4) is 0 Å². The molecule has 0 aliphatic carbocycles. The first-order valence-electron chi connectivity index (χ1n) is 13.1. The Morgan fingerprint density at radius 3 is 2.47 bits per heavy atom. The molecule has 2 saturated heterocycles. The third-order valence-corrected chi connectivity index (χ3v) is 10.4. The van der Waals surface area contributed by atoms with Crippen molar-refractivity contribution >= 4 is 37.5 Å². The van der Waals surface area contributed by atoms with Crippen LogP contribution in [-0.4, -0.2) is 72.3 Å². The molecular weight excluding hydrogens is 498 g/mol. The summed E-state index contributed by atoms with van der Waals surface area (Å²) in [6, 6.07) is 0. The van der Waals surface area contributed by atoms with Crippen molar-refractivity contribution in [2.24, 2.45) is 11.8 Å². The Bertz CT molecular complexity index is 1220. The van der Waals surface area contributed by atoms with Crippen LogP contribution >= 0.6 is 11.3 Å². The van der Waals surface area contributed by atoms with Crippen molar-refractivity contribution in [1.29, 1.82) is 0 Å². The fourth-order valence-corrected chi connectivity index (χ4v) is 8.91. The van der Waals surface area contributed by atoms with E-state index < -0.39 is 15.6 Å². The predicted octanol–water partition coefficient (Wildman–Crippen LogP) is 2.82. The first-order valence-corrected chi connectivity index (χ1v) is 15.4. The number of piperidine rings is 1. The number of sulfonamides is 1.